The van der Waals surface area contributed by atoms with Gasteiger partial charge < -0.3 is 28.1 Å². The average molecular weight is 1030 g/mol. The van der Waals surface area contributed by atoms with Crippen molar-refractivity contribution in [3.05, 3.63) is 137 Å². The van der Waals surface area contributed by atoms with Crippen LogP contribution in [0.5, 0.6) is 0 Å². The van der Waals surface area contributed by atoms with Gasteiger partial charge in [0.1, 0.15) is 35.1 Å². The van der Waals surface area contributed by atoms with Gasteiger partial charge in [0.2, 0.25) is 0 Å². The molecule has 2 aromatic heterocycles. The number of hydrogen-bond donors (Lipinski definition) is 2. The van der Waals surface area contributed by atoms with Crippen LogP contribution < -0.4 is 22.5 Å². The molecular weight excluding hydrogens is 970 g/mol. The fourth-order valence-electron chi connectivity index (χ4n) is 10.2. The summed E-state index contributed by atoms with van der Waals surface area (Å²) in [4.78, 5) is 53.8. The van der Waals surface area contributed by atoms with E-state index in [0.717, 1.165) is 35.6 Å². The van der Waals surface area contributed by atoms with Gasteiger partial charge in [-0.05, 0) is 81.6 Å². The molecule has 0 amide bonds. The van der Waals surface area contributed by atoms with Crippen molar-refractivity contribution in [1.82, 2.24) is 19.1 Å². The third-order valence-corrected chi connectivity index (χ3v) is 20.8. The van der Waals surface area contributed by atoms with Gasteiger partial charge in [0.15, 0.2) is 26.9 Å². The van der Waals surface area contributed by atoms with Crippen molar-refractivity contribution in [3.8, 4) is 0 Å². The van der Waals surface area contributed by atoms with Gasteiger partial charge in [0.25, 0.3) is 11.1 Å². The normalized spacial score (nSPS) is 28.5. The molecule has 2 N–H and O–H groups in total. The first-order valence-electron chi connectivity index (χ1n) is 23.9. The minimum absolute atomic E-state index is 0.0510. The first-order valence-corrected chi connectivity index (χ1v) is 28.2. The van der Waals surface area contributed by atoms with Crippen LogP contribution in [0.25, 0.3) is 0 Å². The molecule has 2 bridgehead atoms. The smallest absolute Gasteiger partial charge is 0.408 e. The average Bonchev–Trinajstić information content (AvgIpc) is 4.19. The zero-order valence-electron chi connectivity index (χ0n) is 41.3. The van der Waals surface area contributed by atoms with E-state index in [1.165, 1.54) is 11.5 Å². The summed E-state index contributed by atoms with van der Waals surface area (Å²) < 4.78 is 113. The summed E-state index contributed by atoms with van der Waals surface area (Å²) in [6.07, 6.45) is -0.0997. The maximum absolute atomic E-state index is 13.7. The van der Waals surface area contributed by atoms with Crippen LogP contribution in [0, 0.1) is 13.8 Å². The predicted molar refractivity (Wildman–Crippen MR) is 255 cm³/mol. The fourth-order valence-corrected chi connectivity index (χ4v) is 12.5. The Bertz CT molecular complexity index is 2950. The van der Waals surface area contributed by atoms with Crippen molar-refractivity contribution in [2.24, 2.45) is 0 Å². The standard InChI is InChI=1S/C28H39F3N2O8SSi.C21H24N2O5/c1-8-27(26(14-15-26)41-43(6,7)25(3,4)5)21(38-17-19-12-10-9-11-13-19)20(40-42(36,37)28(29,30)31)23(39-27)33-16-18(2)22(34)32-24(33)35;1-3-21-16(26-12-14-7-5-4-6-8-14)15(27-20(21)9-10-20)18(28-21)23-11-13(2)17(24)22-19(23)25/h9-13,16,20-21,23H,8,14-15,17H2,1-7H3,(H,32,34,35);4-8,11,15-16,18H,3,9-10,12H2,1-2H3,(H,22,24,25)/t20-,21?,23+,27+;15-,16?,18+,21+/m00/s1. The maximum atomic E-state index is 13.7. The number of alkyl halides is 3. The highest BCUT2D eigenvalue weighted by Gasteiger charge is 2.78. The third-order valence-electron chi connectivity index (χ3n) is 15.3. The zero-order chi connectivity index (χ0) is 51.7. The van der Waals surface area contributed by atoms with Crippen LogP contribution in [0.1, 0.15) is 108 Å². The van der Waals surface area contributed by atoms with E-state index in [0.29, 0.717) is 30.6 Å². The quantitative estimate of drug-likeness (QED) is 0.0704. The molecule has 3 saturated heterocycles. The zero-order valence-corrected chi connectivity index (χ0v) is 43.1. The van der Waals surface area contributed by atoms with Gasteiger partial charge in [-0.25, -0.2) is 9.59 Å². The number of H-pyrrole nitrogens is 2. The number of fused-ring (bicyclic) bond motifs is 3. The summed E-state index contributed by atoms with van der Waals surface area (Å²) >= 11 is 0. The molecule has 2 aromatic carbocycles. The van der Waals surface area contributed by atoms with Gasteiger partial charge in [0, 0.05) is 23.5 Å². The van der Waals surface area contributed by atoms with Gasteiger partial charge in [-0.2, -0.15) is 21.6 Å². The Morgan fingerprint density at radius 3 is 1.61 bits per heavy atom. The largest absolute Gasteiger partial charge is 0.523 e. The summed E-state index contributed by atoms with van der Waals surface area (Å²) in [6.45, 7) is 17.4. The Labute approximate surface area is 410 Å². The number of hydrogen-bond acceptors (Lipinski definition) is 13. The minimum Gasteiger partial charge on any atom is -0.408 e. The van der Waals surface area contributed by atoms with E-state index in [1.807, 2.05) is 64.2 Å². The van der Waals surface area contributed by atoms with Crippen LogP contribution in [-0.2, 0) is 55.6 Å². The second-order valence-electron chi connectivity index (χ2n) is 20.8. The summed E-state index contributed by atoms with van der Waals surface area (Å²) in [5.41, 5.74) is -9.59. The molecule has 8 atom stereocenters. The molecule has 5 aliphatic rings. The van der Waals surface area contributed by atoms with Gasteiger partial charge in [-0.1, -0.05) is 95.3 Å². The second-order valence-corrected chi connectivity index (χ2v) is 27.1. The lowest BCUT2D eigenvalue weighted by Crippen LogP contribution is -2.60. The second kappa shape index (κ2) is 18.8. The summed E-state index contributed by atoms with van der Waals surface area (Å²) in [5.74, 6) is 0. The lowest BCUT2D eigenvalue weighted by molar-refractivity contribution is -0.226. The number of ether oxygens (including phenoxy) is 5. The first-order chi connectivity index (χ1) is 33.2. The maximum Gasteiger partial charge on any atom is 0.523 e. The molecule has 22 heteroatoms. The molecule has 2 aliphatic carbocycles. The Kier molecular flexibility index (Phi) is 13.9. The monoisotopic (exact) mass is 1030 g/mol. The van der Waals surface area contributed by atoms with Crippen LogP contribution in [0.15, 0.2) is 92.2 Å². The van der Waals surface area contributed by atoms with Gasteiger partial charge >= 0.3 is 27.0 Å². The molecule has 5 fully saturated rings. The van der Waals surface area contributed by atoms with Crippen LogP contribution in [0.4, 0.5) is 13.2 Å². The Morgan fingerprint density at radius 2 is 1.17 bits per heavy atom. The number of aromatic nitrogens is 4. The molecule has 2 saturated carbocycles. The molecule has 2 unspecified atom stereocenters. The Balaban J connectivity index is 0.000000207. The van der Waals surface area contributed by atoms with Gasteiger partial charge in [0.05, 0.1) is 18.8 Å². The summed E-state index contributed by atoms with van der Waals surface area (Å²) in [6, 6.07) is 18.8. The van der Waals surface area contributed by atoms with Crippen molar-refractivity contribution < 1.29 is 53.9 Å². The van der Waals surface area contributed by atoms with Crippen LogP contribution in [0.2, 0.25) is 18.1 Å². The summed E-state index contributed by atoms with van der Waals surface area (Å²) in [7, 11) is -8.73. The third kappa shape index (κ3) is 9.41. The number of halogens is 3. The van der Waals surface area contributed by atoms with Gasteiger partial charge in [-0.15, -0.1) is 0 Å². The number of benzene rings is 2. The highest BCUT2D eigenvalue weighted by molar-refractivity contribution is 7.87. The van der Waals surface area contributed by atoms with Crippen molar-refractivity contribution in [2.75, 3.05) is 0 Å². The summed E-state index contributed by atoms with van der Waals surface area (Å²) in [5, 5.41) is -0.252. The minimum atomic E-state index is -6.19. The topological polar surface area (TPSA) is 208 Å². The highest BCUT2D eigenvalue weighted by atomic mass is 32.2. The molecular formula is C49H63F3N4O13SSi. The molecule has 0 radical (unpaired) electrons. The van der Waals surface area contributed by atoms with E-state index in [-0.39, 0.29) is 40.9 Å². The van der Waals surface area contributed by atoms with Gasteiger partial charge in [-0.3, -0.25) is 32.9 Å². The molecule has 388 valence electrons. The number of aryl methyl sites for hydroxylation is 2. The SMILES string of the molecule is CC[C@@]1(C2(O[Si](C)(C)C(C)(C)C)CC2)O[C@@H](n2cc(C)c(=O)[nH]c2=O)[C@@H](OS(=O)(=O)C(F)(F)F)C1OCc1ccccc1.CC[C@]12O[C@@H](n3cc(C)c(=O)[nH]c3=O)[C@@H](OC13CC3)C2OCc1ccccc1. The molecule has 5 heterocycles. The van der Waals surface area contributed by atoms with E-state index in [4.69, 9.17) is 32.3 Å². The first kappa shape index (κ1) is 52.8. The Morgan fingerprint density at radius 1 is 0.704 bits per heavy atom. The lowest BCUT2D eigenvalue weighted by Gasteiger charge is -2.47. The number of rotatable bonds is 15. The van der Waals surface area contributed by atoms with E-state index < -0.39 is 88.5 Å². The lowest BCUT2D eigenvalue weighted by atomic mass is 9.84. The van der Waals surface area contributed by atoms with E-state index in [2.05, 4.69) is 16.9 Å². The number of aromatic amines is 2. The van der Waals surface area contributed by atoms with Crippen molar-refractivity contribution >= 4 is 18.4 Å². The van der Waals surface area contributed by atoms with Crippen molar-refractivity contribution in [3.63, 3.8) is 0 Å². The van der Waals surface area contributed by atoms with Crippen LogP contribution >= 0.6 is 0 Å². The van der Waals surface area contributed by atoms with E-state index >= 15 is 0 Å². The van der Waals surface area contributed by atoms with Crippen molar-refractivity contribution in [1.29, 1.82) is 0 Å². The highest BCUT2D eigenvalue weighted by Crippen LogP contribution is 2.66. The Hall–Kier alpha value is -4.52. The molecule has 4 aromatic rings. The molecule has 17 nitrogen and oxygen atoms in total. The van der Waals surface area contributed by atoms with Crippen LogP contribution in [-0.4, -0.2) is 88.2 Å². The molecule has 9 rings (SSSR count). The molecule has 3 aliphatic heterocycles. The number of nitrogens with zero attached hydrogens (tertiary/aromatic N) is 2. The van der Waals surface area contributed by atoms with E-state index in [9.17, 15) is 40.8 Å². The number of nitrogens with one attached hydrogen (secondary N) is 2. The molecule has 1 spiro atoms. The van der Waals surface area contributed by atoms with E-state index in [1.54, 1.807) is 50.4 Å². The predicted octanol–water partition coefficient (Wildman–Crippen LogP) is 6.94. The fraction of sp³-hybridized carbons (Fsp3) is 0.592. The molecule has 71 heavy (non-hydrogen) atoms. The van der Waals surface area contributed by atoms with Crippen molar-refractivity contribution in [2.45, 2.75) is 183 Å². The van der Waals surface area contributed by atoms with Crippen LogP contribution in [0.3, 0.4) is 0 Å².